The van der Waals surface area contributed by atoms with Gasteiger partial charge in [-0.1, -0.05) is 0 Å². The summed E-state index contributed by atoms with van der Waals surface area (Å²) in [6.07, 6.45) is 1.49. The highest BCUT2D eigenvalue weighted by Gasteiger charge is 2.28. The Bertz CT molecular complexity index is 1510. The summed E-state index contributed by atoms with van der Waals surface area (Å²) in [7, 11) is -4.05. The highest BCUT2D eigenvalue weighted by Crippen LogP contribution is 2.30. The number of nitrogens with one attached hydrogen (secondary N) is 3. The first kappa shape index (κ1) is 25.5. The first-order chi connectivity index (χ1) is 17.6. The SMILES string of the molecule is Cc1c(C(=O)NNC(=O)c2ccc([N+](=O)[O-])cc2)oc2c1/C(=N/NS(=O)(=O)c1ccc(F)cc1)CCC2. The number of carbonyl (C=O) groups is 2. The summed E-state index contributed by atoms with van der Waals surface area (Å²) in [6.45, 7) is 1.60. The van der Waals surface area contributed by atoms with Gasteiger partial charge < -0.3 is 4.42 Å². The van der Waals surface area contributed by atoms with Gasteiger partial charge in [0.15, 0.2) is 5.76 Å². The van der Waals surface area contributed by atoms with E-state index in [1.807, 2.05) is 0 Å². The minimum absolute atomic E-state index is 0.0872. The fourth-order valence-corrected chi connectivity index (χ4v) is 4.59. The van der Waals surface area contributed by atoms with Crippen LogP contribution in [0.4, 0.5) is 10.1 Å². The largest absolute Gasteiger partial charge is 0.455 e. The van der Waals surface area contributed by atoms with Crippen LogP contribution in [0, 0.1) is 22.9 Å². The number of fused-ring (bicyclic) bond motifs is 1. The number of benzene rings is 2. The summed E-state index contributed by atoms with van der Waals surface area (Å²) in [5, 5.41) is 14.8. The van der Waals surface area contributed by atoms with Crippen LogP contribution in [0.5, 0.6) is 0 Å². The van der Waals surface area contributed by atoms with E-state index in [2.05, 4.69) is 20.8 Å². The van der Waals surface area contributed by atoms with E-state index in [9.17, 15) is 32.5 Å². The molecular formula is C23H20FN5O7S. The number of hydrogen-bond acceptors (Lipinski definition) is 8. The zero-order valence-electron chi connectivity index (χ0n) is 19.3. The lowest BCUT2D eigenvalue weighted by molar-refractivity contribution is -0.384. The minimum atomic E-state index is -4.05. The monoisotopic (exact) mass is 529 g/mol. The standard InChI is InChI=1S/C23H20FN5O7S/c1-13-20-18(25-28-37(34,35)17-11-7-15(24)8-12-17)3-2-4-19(20)36-21(13)23(31)27-26-22(30)14-5-9-16(10-6-14)29(32)33/h5-12,28H,2-4H2,1H3,(H,26,30)(H,27,31)/b25-18+. The Labute approximate surface area is 209 Å². The second kappa shape index (κ2) is 10.2. The van der Waals surface area contributed by atoms with Crippen molar-refractivity contribution in [3.8, 4) is 0 Å². The van der Waals surface area contributed by atoms with Gasteiger partial charge in [-0.3, -0.25) is 30.6 Å². The maximum absolute atomic E-state index is 13.1. The van der Waals surface area contributed by atoms with Crippen molar-refractivity contribution >= 4 is 33.2 Å². The number of rotatable bonds is 6. The molecule has 0 aliphatic heterocycles. The fourth-order valence-electron chi connectivity index (χ4n) is 3.76. The molecule has 2 amide bonds. The number of non-ortho nitro benzene ring substituents is 1. The van der Waals surface area contributed by atoms with Crippen LogP contribution < -0.4 is 15.7 Å². The van der Waals surface area contributed by atoms with Gasteiger partial charge in [0.05, 0.1) is 15.5 Å². The van der Waals surface area contributed by atoms with Gasteiger partial charge in [-0.05, 0) is 56.2 Å². The lowest BCUT2D eigenvalue weighted by atomic mass is 9.93. The van der Waals surface area contributed by atoms with Crippen LogP contribution in [0.3, 0.4) is 0 Å². The second-order valence-electron chi connectivity index (χ2n) is 8.03. The summed E-state index contributed by atoms with van der Waals surface area (Å²) in [6, 6.07) is 9.07. The summed E-state index contributed by atoms with van der Waals surface area (Å²) in [4.78, 5) is 37.1. The van der Waals surface area contributed by atoms with Crippen LogP contribution in [-0.4, -0.2) is 30.9 Å². The molecule has 1 aliphatic rings. The molecule has 0 fully saturated rings. The van der Waals surface area contributed by atoms with Gasteiger partial charge in [-0.15, -0.1) is 0 Å². The average molecular weight is 530 g/mol. The molecule has 192 valence electrons. The number of nitrogens with zero attached hydrogens (tertiary/aromatic N) is 2. The van der Waals surface area contributed by atoms with E-state index >= 15 is 0 Å². The van der Waals surface area contributed by atoms with Crippen LogP contribution >= 0.6 is 0 Å². The molecule has 1 heterocycles. The van der Waals surface area contributed by atoms with E-state index in [0.29, 0.717) is 41.9 Å². The number of sulfonamides is 1. The van der Waals surface area contributed by atoms with E-state index < -0.39 is 32.6 Å². The van der Waals surface area contributed by atoms with Gasteiger partial charge in [-0.2, -0.15) is 18.4 Å². The first-order valence-corrected chi connectivity index (χ1v) is 12.4. The highest BCUT2D eigenvalue weighted by atomic mass is 32.2. The third-order valence-electron chi connectivity index (χ3n) is 5.59. The molecule has 4 rings (SSSR count). The second-order valence-corrected chi connectivity index (χ2v) is 9.69. The molecule has 0 atom stereocenters. The Morgan fingerprint density at radius 2 is 1.68 bits per heavy atom. The molecule has 0 saturated heterocycles. The Morgan fingerprint density at radius 1 is 1.03 bits per heavy atom. The quantitative estimate of drug-likeness (QED) is 0.325. The number of nitro groups is 1. The number of amides is 2. The maximum Gasteiger partial charge on any atom is 0.305 e. The Kier molecular flexibility index (Phi) is 7.02. The van der Waals surface area contributed by atoms with Crippen molar-refractivity contribution in [2.24, 2.45) is 5.10 Å². The van der Waals surface area contributed by atoms with Crippen LogP contribution in [-0.2, 0) is 16.4 Å². The predicted molar refractivity (Wildman–Crippen MR) is 128 cm³/mol. The molecule has 14 heteroatoms. The van der Waals surface area contributed by atoms with Crippen LogP contribution in [0.1, 0.15) is 50.6 Å². The molecule has 2 aromatic carbocycles. The van der Waals surface area contributed by atoms with Crippen molar-refractivity contribution in [1.82, 2.24) is 15.7 Å². The molecule has 0 unspecified atom stereocenters. The molecule has 3 aromatic rings. The number of furan rings is 1. The molecule has 0 spiro atoms. The Hall–Kier alpha value is -4.59. The first-order valence-electron chi connectivity index (χ1n) is 10.9. The van der Waals surface area contributed by atoms with Crippen LogP contribution in [0.2, 0.25) is 0 Å². The number of nitro benzene ring substituents is 1. The molecule has 0 bridgehead atoms. The Morgan fingerprint density at radius 3 is 2.32 bits per heavy atom. The summed E-state index contributed by atoms with van der Waals surface area (Å²) < 4.78 is 43.9. The molecular weight excluding hydrogens is 509 g/mol. The minimum Gasteiger partial charge on any atom is -0.455 e. The summed E-state index contributed by atoms with van der Waals surface area (Å²) >= 11 is 0. The van der Waals surface area contributed by atoms with E-state index in [0.717, 1.165) is 36.4 Å². The predicted octanol–water partition coefficient (Wildman–Crippen LogP) is 2.73. The zero-order valence-corrected chi connectivity index (χ0v) is 20.1. The van der Waals surface area contributed by atoms with Gasteiger partial charge >= 0.3 is 5.91 Å². The van der Waals surface area contributed by atoms with E-state index in [4.69, 9.17) is 4.42 Å². The normalized spacial score (nSPS) is 14.1. The number of halogens is 1. The van der Waals surface area contributed by atoms with Gasteiger partial charge in [0.25, 0.3) is 21.6 Å². The summed E-state index contributed by atoms with van der Waals surface area (Å²) in [5.74, 6) is -1.69. The summed E-state index contributed by atoms with van der Waals surface area (Å²) in [5.41, 5.74) is 5.60. The van der Waals surface area contributed by atoms with Crippen molar-refractivity contribution in [3.63, 3.8) is 0 Å². The van der Waals surface area contributed by atoms with Gasteiger partial charge in [0.2, 0.25) is 0 Å². The highest BCUT2D eigenvalue weighted by molar-refractivity contribution is 7.89. The third-order valence-corrected chi connectivity index (χ3v) is 6.81. The Balaban J connectivity index is 1.48. The molecule has 0 saturated carbocycles. The molecule has 12 nitrogen and oxygen atoms in total. The van der Waals surface area contributed by atoms with Crippen LogP contribution in [0.15, 0.2) is 62.9 Å². The molecule has 37 heavy (non-hydrogen) atoms. The molecule has 1 aliphatic carbocycles. The van der Waals surface area contributed by atoms with Gasteiger partial charge in [0.1, 0.15) is 11.6 Å². The maximum atomic E-state index is 13.1. The van der Waals surface area contributed by atoms with Gasteiger partial charge in [0, 0.05) is 35.2 Å². The van der Waals surface area contributed by atoms with Crippen molar-refractivity contribution in [1.29, 1.82) is 0 Å². The number of carbonyl (C=O) groups excluding carboxylic acids is 2. The van der Waals surface area contributed by atoms with E-state index in [-0.39, 0.29) is 21.9 Å². The van der Waals surface area contributed by atoms with Crippen molar-refractivity contribution in [2.75, 3.05) is 0 Å². The lowest BCUT2D eigenvalue weighted by Gasteiger charge is -2.14. The number of hydrazone groups is 1. The molecule has 1 aromatic heterocycles. The molecule has 3 N–H and O–H groups in total. The average Bonchev–Trinajstić information content (AvgIpc) is 3.23. The zero-order chi connectivity index (χ0) is 26.7. The topological polar surface area (TPSA) is 173 Å². The lowest BCUT2D eigenvalue weighted by Crippen LogP contribution is -2.41. The van der Waals surface area contributed by atoms with Crippen molar-refractivity contribution in [3.05, 3.63) is 92.7 Å². The smallest absolute Gasteiger partial charge is 0.305 e. The van der Waals surface area contributed by atoms with Crippen molar-refractivity contribution < 1.29 is 31.7 Å². The number of aryl methyl sites for hydroxylation is 1. The molecule has 0 radical (unpaired) electrons. The third kappa shape index (κ3) is 5.48. The van der Waals surface area contributed by atoms with E-state index in [1.165, 1.54) is 12.1 Å². The van der Waals surface area contributed by atoms with Gasteiger partial charge in [-0.25, -0.2) is 4.39 Å². The van der Waals surface area contributed by atoms with E-state index in [1.54, 1.807) is 6.92 Å². The fraction of sp³-hybridized carbons (Fsp3) is 0.174. The number of hydrogen-bond donors (Lipinski definition) is 3. The van der Waals surface area contributed by atoms with Crippen LogP contribution in [0.25, 0.3) is 0 Å². The van der Waals surface area contributed by atoms with Crippen molar-refractivity contribution in [2.45, 2.75) is 31.1 Å². The number of hydrazine groups is 1.